The van der Waals surface area contributed by atoms with Crippen LogP contribution in [0.4, 0.5) is 0 Å². The number of hydrogen-bond acceptors (Lipinski definition) is 5. The normalized spacial score (nSPS) is 27.2. The zero-order chi connectivity index (χ0) is 17.4. The van der Waals surface area contributed by atoms with Gasteiger partial charge in [-0.05, 0) is 46.7 Å². The first kappa shape index (κ1) is 17.4. The van der Waals surface area contributed by atoms with E-state index in [1.807, 2.05) is 0 Å². The molecule has 7 heteroatoms. The first-order valence-corrected chi connectivity index (χ1v) is 8.85. The Morgan fingerprint density at radius 1 is 1.21 bits per heavy atom. The first-order valence-electron chi connectivity index (χ1n) is 8.85. The first-order chi connectivity index (χ1) is 11.4. The van der Waals surface area contributed by atoms with E-state index in [0.717, 1.165) is 25.9 Å². The van der Waals surface area contributed by atoms with E-state index in [9.17, 15) is 14.7 Å². The van der Waals surface area contributed by atoms with Gasteiger partial charge in [-0.1, -0.05) is 0 Å². The number of hydrogen-bond donors (Lipinski definition) is 2. The van der Waals surface area contributed by atoms with Crippen molar-refractivity contribution in [2.75, 3.05) is 26.2 Å². The molecule has 24 heavy (non-hydrogen) atoms. The number of nitrogens with zero attached hydrogens (tertiary/aromatic N) is 3. The van der Waals surface area contributed by atoms with Crippen LogP contribution < -0.4 is 11.2 Å². The van der Waals surface area contributed by atoms with Crippen LogP contribution >= 0.6 is 0 Å². The Morgan fingerprint density at radius 2 is 1.88 bits per heavy atom. The van der Waals surface area contributed by atoms with Crippen molar-refractivity contribution in [1.82, 2.24) is 19.4 Å². The van der Waals surface area contributed by atoms with E-state index < -0.39 is 11.8 Å². The molecule has 0 aromatic carbocycles. The van der Waals surface area contributed by atoms with E-state index in [2.05, 4.69) is 28.6 Å². The average Bonchev–Trinajstić information content (AvgIpc) is 2.92. The molecule has 134 valence electrons. The number of aliphatic hydroxyl groups is 1. The van der Waals surface area contributed by atoms with E-state index >= 15 is 0 Å². The summed E-state index contributed by atoms with van der Waals surface area (Å²) in [5, 5.41) is 10.5. The van der Waals surface area contributed by atoms with Gasteiger partial charge in [-0.15, -0.1) is 0 Å². The van der Waals surface area contributed by atoms with Crippen LogP contribution in [0.3, 0.4) is 0 Å². The number of piperidine rings is 1. The number of aromatic amines is 1. The molecule has 0 unspecified atom stereocenters. The van der Waals surface area contributed by atoms with Gasteiger partial charge in [0.2, 0.25) is 0 Å². The summed E-state index contributed by atoms with van der Waals surface area (Å²) in [7, 11) is 0. The fourth-order valence-electron chi connectivity index (χ4n) is 3.97. The number of aromatic nitrogens is 2. The second-order valence-electron chi connectivity index (χ2n) is 7.43. The summed E-state index contributed by atoms with van der Waals surface area (Å²) in [6.07, 6.45) is 3.17. The molecule has 2 fully saturated rings. The highest BCUT2D eigenvalue weighted by molar-refractivity contribution is 5.04. The van der Waals surface area contributed by atoms with E-state index in [0.29, 0.717) is 30.7 Å². The van der Waals surface area contributed by atoms with Gasteiger partial charge in [-0.25, -0.2) is 4.79 Å². The number of aryl methyl sites for hydroxylation is 1. The molecular weight excluding hydrogens is 308 g/mol. The van der Waals surface area contributed by atoms with Gasteiger partial charge in [-0.3, -0.25) is 19.2 Å². The summed E-state index contributed by atoms with van der Waals surface area (Å²) in [4.78, 5) is 30.8. The SMILES string of the molecule is Cc1cn([C@@H]2CN(C3CCN(C(C)C)CC3)C[C@H]2O)c(=O)[nH]c1=O. The number of nitrogens with one attached hydrogen (secondary N) is 1. The van der Waals surface area contributed by atoms with Crippen molar-refractivity contribution in [2.24, 2.45) is 0 Å². The fraction of sp³-hybridized carbons (Fsp3) is 0.765. The molecule has 0 saturated carbocycles. The third-order valence-corrected chi connectivity index (χ3v) is 5.54. The number of aliphatic hydroxyl groups excluding tert-OH is 1. The van der Waals surface area contributed by atoms with E-state index in [1.165, 1.54) is 4.57 Å². The Labute approximate surface area is 141 Å². The molecule has 0 amide bonds. The Balaban J connectivity index is 1.71. The lowest BCUT2D eigenvalue weighted by Crippen LogP contribution is -2.46. The minimum Gasteiger partial charge on any atom is -0.390 e. The van der Waals surface area contributed by atoms with Gasteiger partial charge >= 0.3 is 5.69 Å². The molecule has 2 atom stereocenters. The third-order valence-electron chi connectivity index (χ3n) is 5.54. The van der Waals surface area contributed by atoms with Crippen LogP contribution in [0.15, 0.2) is 15.8 Å². The van der Waals surface area contributed by atoms with Crippen LogP contribution in [0.1, 0.15) is 38.3 Å². The van der Waals surface area contributed by atoms with Gasteiger partial charge in [0.05, 0.1) is 12.1 Å². The smallest absolute Gasteiger partial charge is 0.328 e. The van der Waals surface area contributed by atoms with Crippen LogP contribution in [0.25, 0.3) is 0 Å². The Morgan fingerprint density at radius 3 is 2.50 bits per heavy atom. The molecule has 3 rings (SSSR count). The number of H-pyrrole nitrogens is 1. The predicted molar refractivity (Wildman–Crippen MR) is 92.4 cm³/mol. The highest BCUT2D eigenvalue weighted by Gasteiger charge is 2.37. The lowest BCUT2D eigenvalue weighted by atomic mass is 10.0. The second-order valence-corrected chi connectivity index (χ2v) is 7.43. The summed E-state index contributed by atoms with van der Waals surface area (Å²) < 4.78 is 1.49. The number of likely N-dealkylation sites (tertiary alicyclic amines) is 2. The van der Waals surface area contributed by atoms with Gasteiger partial charge in [0.25, 0.3) is 5.56 Å². The highest BCUT2D eigenvalue weighted by atomic mass is 16.3. The Kier molecular flexibility index (Phi) is 4.94. The summed E-state index contributed by atoms with van der Waals surface area (Å²) in [5.41, 5.74) is -0.307. The molecule has 0 aliphatic carbocycles. The molecule has 0 bridgehead atoms. The Bertz CT molecular complexity index is 688. The van der Waals surface area contributed by atoms with Crippen molar-refractivity contribution < 1.29 is 5.11 Å². The number of β-amino-alcohol motifs (C(OH)–C–C–N with tert-alkyl or cyclic N) is 1. The third kappa shape index (κ3) is 3.34. The highest BCUT2D eigenvalue weighted by Crippen LogP contribution is 2.27. The summed E-state index contributed by atoms with van der Waals surface area (Å²) >= 11 is 0. The largest absolute Gasteiger partial charge is 0.390 e. The quantitative estimate of drug-likeness (QED) is 0.808. The molecule has 2 N–H and O–H groups in total. The average molecular weight is 336 g/mol. The summed E-state index contributed by atoms with van der Waals surface area (Å²) in [5.74, 6) is 0. The molecule has 3 heterocycles. The van der Waals surface area contributed by atoms with Crippen LogP contribution in [0.2, 0.25) is 0 Å². The molecule has 0 spiro atoms. The van der Waals surface area contributed by atoms with Gasteiger partial charge in [-0.2, -0.15) is 0 Å². The van der Waals surface area contributed by atoms with Gasteiger partial charge in [0.1, 0.15) is 0 Å². The lowest BCUT2D eigenvalue weighted by Gasteiger charge is -2.38. The van der Waals surface area contributed by atoms with Gasteiger partial charge in [0, 0.05) is 36.9 Å². The van der Waals surface area contributed by atoms with E-state index in [1.54, 1.807) is 13.1 Å². The molecule has 0 radical (unpaired) electrons. The van der Waals surface area contributed by atoms with Crippen molar-refractivity contribution in [3.05, 3.63) is 32.6 Å². The monoisotopic (exact) mass is 336 g/mol. The topological polar surface area (TPSA) is 81.6 Å². The number of rotatable bonds is 3. The summed E-state index contributed by atoms with van der Waals surface area (Å²) in [6.45, 7) is 9.52. The Hall–Kier alpha value is -1.44. The zero-order valence-corrected chi connectivity index (χ0v) is 14.7. The standard InChI is InChI=1S/C17H28N4O3/c1-11(2)19-6-4-13(5-7-19)20-9-14(15(22)10-20)21-8-12(3)16(23)18-17(21)24/h8,11,13-15,22H,4-7,9-10H2,1-3H3,(H,18,23,24)/t14-,15-/m1/s1. The lowest BCUT2D eigenvalue weighted by molar-refractivity contribution is 0.0940. The zero-order valence-electron chi connectivity index (χ0n) is 14.7. The molecule has 7 nitrogen and oxygen atoms in total. The van der Waals surface area contributed by atoms with Crippen molar-refractivity contribution in [1.29, 1.82) is 0 Å². The minimum atomic E-state index is -0.587. The predicted octanol–water partition coefficient (Wildman–Crippen LogP) is -0.0646. The van der Waals surface area contributed by atoms with Crippen molar-refractivity contribution in [3.63, 3.8) is 0 Å². The maximum absolute atomic E-state index is 12.1. The van der Waals surface area contributed by atoms with Gasteiger partial charge in [0.15, 0.2) is 0 Å². The molecule has 2 aliphatic heterocycles. The van der Waals surface area contributed by atoms with E-state index in [4.69, 9.17) is 0 Å². The molecule has 1 aromatic heterocycles. The van der Waals surface area contributed by atoms with Crippen LogP contribution in [-0.4, -0.2) is 68.8 Å². The van der Waals surface area contributed by atoms with Crippen LogP contribution in [0.5, 0.6) is 0 Å². The molecule has 2 aliphatic rings. The van der Waals surface area contributed by atoms with Crippen molar-refractivity contribution >= 4 is 0 Å². The van der Waals surface area contributed by atoms with E-state index in [-0.39, 0.29) is 11.6 Å². The molecule has 1 aromatic rings. The maximum Gasteiger partial charge on any atom is 0.328 e. The maximum atomic E-state index is 12.1. The molecule has 2 saturated heterocycles. The van der Waals surface area contributed by atoms with Crippen LogP contribution in [0, 0.1) is 6.92 Å². The molecular formula is C17H28N4O3. The van der Waals surface area contributed by atoms with Crippen molar-refractivity contribution in [3.8, 4) is 0 Å². The van der Waals surface area contributed by atoms with Crippen molar-refractivity contribution in [2.45, 2.75) is 57.8 Å². The minimum absolute atomic E-state index is 0.295. The van der Waals surface area contributed by atoms with Crippen LogP contribution in [-0.2, 0) is 0 Å². The second kappa shape index (κ2) is 6.82. The fourth-order valence-corrected chi connectivity index (χ4v) is 3.97. The summed E-state index contributed by atoms with van der Waals surface area (Å²) in [6, 6.07) is 0.737. The van der Waals surface area contributed by atoms with Gasteiger partial charge < -0.3 is 10.0 Å².